The average Bonchev–Trinajstić information content (AvgIpc) is 3.80. The largest absolute Gasteiger partial charge is 0.455 e. The highest BCUT2D eigenvalue weighted by Crippen LogP contribution is 2.44. The molecule has 51 heavy (non-hydrogen) atoms. The van der Waals surface area contributed by atoms with Crippen LogP contribution in [0.25, 0.3) is 94.1 Å². The van der Waals surface area contributed by atoms with Gasteiger partial charge in [0.1, 0.15) is 19.2 Å². The summed E-state index contributed by atoms with van der Waals surface area (Å²) < 4.78 is 9.19. The van der Waals surface area contributed by atoms with Gasteiger partial charge in [0.2, 0.25) is 0 Å². The highest BCUT2D eigenvalue weighted by molar-refractivity contribution is 7.04. The molecule has 240 valence electrons. The minimum absolute atomic E-state index is 0.664. The van der Waals surface area contributed by atoms with E-state index in [-0.39, 0.29) is 0 Å². The Balaban J connectivity index is 1.21. The molecule has 0 fully saturated rings. The van der Waals surface area contributed by atoms with Crippen LogP contribution in [-0.2, 0) is 0 Å². The standard InChI is InChI=1S/C46H31N3OSi/c1-51(2)38-23-12-10-19-31(38)42-39(51)27-24-34-43(42)44(28-14-5-3-6-15-28)48-46(47-34)33-21-13-20-32-41-37(50-45(32)33)26-25-36-40(41)30-18-9-11-22-35(30)49(36)29-16-7-4-8-17-29/h3-27H,1-2H3. The quantitative estimate of drug-likeness (QED) is 0.176. The van der Waals surface area contributed by atoms with Gasteiger partial charge in [-0.25, -0.2) is 9.97 Å². The Morgan fingerprint density at radius 1 is 0.529 bits per heavy atom. The van der Waals surface area contributed by atoms with Crippen LogP contribution in [0, 0.1) is 0 Å². The van der Waals surface area contributed by atoms with Gasteiger partial charge in [-0.05, 0) is 64.0 Å². The number of benzene rings is 7. The highest BCUT2D eigenvalue weighted by atomic mass is 28.3. The Labute approximate surface area is 295 Å². The summed E-state index contributed by atoms with van der Waals surface area (Å²) in [7, 11) is -1.89. The van der Waals surface area contributed by atoms with Crippen molar-refractivity contribution in [3.05, 3.63) is 152 Å². The van der Waals surface area contributed by atoms with E-state index in [0.717, 1.165) is 60.9 Å². The zero-order valence-corrected chi connectivity index (χ0v) is 29.2. The number of hydrogen-bond acceptors (Lipinski definition) is 3. The fourth-order valence-electron chi connectivity index (χ4n) is 8.72. The highest BCUT2D eigenvalue weighted by Gasteiger charge is 2.39. The summed E-state index contributed by atoms with van der Waals surface area (Å²) in [6.45, 7) is 4.91. The van der Waals surface area contributed by atoms with Gasteiger partial charge in [-0.2, -0.15) is 0 Å². The SMILES string of the molecule is C[Si]1(C)c2ccccc2-c2c1ccc1nc(-c3cccc4c3oc3ccc5c(c6ccccc6n5-c5ccccc5)c34)nc(-c3ccccc3)c21. The summed E-state index contributed by atoms with van der Waals surface area (Å²) in [5, 5.41) is 8.60. The topological polar surface area (TPSA) is 43.9 Å². The first-order valence-electron chi connectivity index (χ1n) is 17.5. The second-order valence-corrected chi connectivity index (χ2v) is 18.4. The molecule has 0 radical (unpaired) electrons. The van der Waals surface area contributed by atoms with Crippen LogP contribution >= 0.6 is 0 Å². The number of fused-ring (bicyclic) bond motifs is 12. The fourth-order valence-corrected chi connectivity index (χ4v) is 11.8. The van der Waals surface area contributed by atoms with Crippen molar-refractivity contribution in [2.24, 2.45) is 0 Å². The molecule has 10 aromatic rings. The molecule has 11 rings (SSSR count). The van der Waals surface area contributed by atoms with Crippen LogP contribution in [0.4, 0.5) is 0 Å². The number of hydrogen-bond donors (Lipinski definition) is 0. The lowest BCUT2D eigenvalue weighted by molar-refractivity contribution is 0.670. The Bertz CT molecular complexity index is 3050. The van der Waals surface area contributed by atoms with Crippen LogP contribution < -0.4 is 10.4 Å². The minimum atomic E-state index is -1.89. The van der Waals surface area contributed by atoms with Crippen LogP contribution in [0.1, 0.15) is 0 Å². The average molecular weight is 670 g/mol. The van der Waals surface area contributed by atoms with E-state index in [1.807, 2.05) is 0 Å². The third kappa shape index (κ3) is 3.89. The predicted molar refractivity (Wildman–Crippen MR) is 214 cm³/mol. The molecule has 0 saturated heterocycles. The molecule has 0 aliphatic carbocycles. The number of rotatable bonds is 3. The Kier molecular flexibility index (Phi) is 5.79. The number of para-hydroxylation sites is 3. The summed E-state index contributed by atoms with van der Waals surface area (Å²) >= 11 is 0. The first-order chi connectivity index (χ1) is 25.1. The molecule has 1 aliphatic heterocycles. The van der Waals surface area contributed by atoms with E-state index in [9.17, 15) is 0 Å². The molecule has 0 bridgehead atoms. The van der Waals surface area contributed by atoms with Gasteiger partial charge in [0.05, 0.1) is 27.8 Å². The van der Waals surface area contributed by atoms with Crippen LogP contribution in [0.2, 0.25) is 13.1 Å². The van der Waals surface area contributed by atoms with E-state index < -0.39 is 8.07 Å². The number of furan rings is 1. The first kappa shape index (κ1) is 28.5. The van der Waals surface area contributed by atoms with Crippen molar-refractivity contribution in [3.8, 4) is 39.5 Å². The second-order valence-electron chi connectivity index (χ2n) is 14.1. The molecule has 0 spiro atoms. The monoisotopic (exact) mass is 669 g/mol. The maximum Gasteiger partial charge on any atom is 0.164 e. The van der Waals surface area contributed by atoms with E-state index in [0.29, 0.717) is 5.82 Å². The molecule has 3 aromatic heterocycles. The summed E-state index contributed by atoms with van der Waals surface area (Å²) in [5.41, 5.74) is 11.6. The zero-order valence-electron chi connectivity index (χ0n) is 28.2. The lowest BCUT2D eigenvalue weighted by Gasteiger charge is -2.19. The molecule has 0 saturated carbocycles. The molecule has 0 unspecified atom stereocenters. The fraction of sp³-hybridized carbons (Fsp3) is 0.0435. The van der Waals surface area contributed by atoms with Gasteiger partial charge in [-0.3, -0.25) is 0 Å². The maximum atomic E-state index is 6.83. The van der Waals surface area contributed by atoms with Crippen molar-refractivity contribution in [1.82, 2.24) is 14.5 Å². The molecule has 0 atom stereocenters. The zero-order chi connectivity index (χ0) is 33.8. The van der Waals surface area contributed by atoms with Crippen molar-refractivity contribution < 1.29 is 4.42 Å². The Morgan fingerprint density at radius 3 is 2.12 bits per heavy atom. The van der Waals surface area contributed by atoms with Gasteiger partial charge in [-0.15, -0.1) is 0 Å². The van der Waals surface area contributed by atoms with Gasteiger partial charge >= 0.3 is 0 Å². The van der Waals surface area contributed by atoms with Crippen molar-refractivity contribution >= 4 is 73.1 Å². The normalized spacial score (nSPS) is 13.5. The third-order valence-corrected chi connectivity index (χ3v) is 14.6. The summed E-state index contributed by atoms with van der Waals surface area (Å²) in [6.07, 6.45) is 0. The molecule has 4 nitrogen and oxygen atoms in total. The maximum absolute atomic E-state index is 6.83. The summed E-state index contributed by atoms with van der Waals surface area (Å²) in [4.78, 5) is 10.8. The molecule has 4 heterocycles. The Hall–Kier alpha value is -6.30. The van der Waals surface area contributed by atoms with E-state index in [4.69, 9.17) is 14.4 Å². The molecular weight excluding hydrogens is 639 g/mol. The number of nitrogens with zero attached hydrogens (tertiary/aromatic N) is 3. The van der Waals surface area contributed by atoms with Gasteiger partial charge < -0.3 is 8.98 Å². The van der Waals surface area contributed by atoms with Crippen molar-refractivity contribution in [3.63, 3.8) is 0 Å². The van der Waals surface area contributed by atoms with Gasteiger partial charge in [0.15, 0.2) is 5.82 Å². The lowest BCUT2D eigenvalue weighted by atomic mass is 9.96. The third-order valence-electron chi connectivity index (χ3n) is 11.0. The molecule has 0 N–H and O–H groups in total. The molecule has 1 aliphatic rings. The molecule has 7 aromatic carbocycles. The van der Waals surface area contributed by atoms with Gasteiger partial charge in [0, 0.05) is 38.2 Å². The number of aromatic nitrogens is 3. The van der Waals surface area contributed by atoms with E-state index in [1.54, 1.807) is 0 Å². The minimum Gasteiger partial charge on any atom is -0.455 e. The predicted octanol–water partition coefficient (Wildman–Crippen LogP) is 10.8. The van der Waals surface area contributed by atoms with Gasteiger partial charge in [-0.1, -0.05) is 122 Å². The molecular formula is C46H31N3OSi. The smallest absolute Gasteiger partial charge is 0.164 e. The summed E-state index contributed by atoms with van der Waals surface area (Å²) in [5.74, 6) is 0.664. The first-order valence-corrected chi connectivity index (χ1v) is 20.5. The van der Waals surface area contributed by atoms with Crippen LogP contribution in [0.5, 0.6) is 0 Å². The Morgan fingerprint density at radius 2 is 1.25 bits per heavy atom. The summed E-state index contributed by atoms with van der Waals surface area (Å²) in [6, 6.07) is 54.0. The van der Waals surface area contributed by atoms with Crippen LogP contribution in [0.15, 0.2) is 156 Å². The molecule has 5 heteroatoms. The van der Waals surface area contributed by atoms with Crippen molar-refractivity contribution in [2.75, 3.05) is 0 Å². The van der Waals surface area contributed by atoms with E-state index in [2.05, 4.69) is 169 Å². The second kappa shape index (κ2) is 10.4. The van der Waals surface area contributed by atoms with Crippen molar-refractivity contribution in [1.29, 1.82) is 0 Å². The lowest BCUT2D eigenvalue weighted by Crippen LogP contribution is -2.49. The van der Waals surface area contributed by atoms with Gasteiger partial charge in [0.25, 0.3) is 0 Å². The van der Waals surface area contributed by atoms with Crippen molar-refractivity contribution in [2.45, 2.75) is 13.1 Å². The van der Waals surface area contributed by atoms with Crippen LogP contribution in [-0.4, -0.2) is 22.6 Å². The van der Waals surface area contributed by atoms with E-state index >= 15 is 0 Å². The van der Waals surface area contributed by atoms with E-state index in [1.165, 1.54) is 37.8 Å². The molecule has 0 amide bonds. The van der Waals surface area contributed by atoms with Crippen LogP contribution in [0.3, 0.4) is 0 Å².